The SMILES string of the molecule is Cc1ccc(OCCNC(=O)CN(c2ccccc2Cl)S(C)(=O)=O)cc1C. The van der Waals surface area contributed by atoms with Crippen molar-refractivity contribution in [3.63, 3.8) is 0 Å². The number of benzene rings is 2. The Balaban J connectivity index is 1.91. The van der Waals surface area contributed by atoms with Gasteiger partial charge in [0.1, 0.15) is 18.9 Å². The number of ether oxygens (including phenoxy) is 1. The molecule has 1 amide bonds. The van der Waals surface area contributed by atoms with Crippen molar-refractivity contribution in [3.05, 3.63) is 58.6 Å². The monoisotopic (exact) mass is 410 g/mol. The lowest BCUT2D eigenvalue weighted by atomic mass is 10.1. The number of amides is 1. The molecule has 0 radical (unpaired) electrons. The molecular weight excluding hydrogens is 388 g/mol. The molecule has 0 spiro atoms. The minimum atomic E-state index is -3.66. The first kappa shape index (κ1) is 21.1. The molecule has 0 aromatic heterocycles. The van der Waals surface area contributed by atoms with Crippen LogP contribution in [0, 0.1) is 13.8 Å². The zero-order valence-corrected chi connectivity index (χ0v) is 17.1. The van der Waals surface area contributed by atoms with Crippen molar-refractivity contribution < 1.29 is 17.9 Å². The number of hydrogen-bond acceptors (Lipinski definition) is 4. The third-order valence-electron chi connectivity index (χ3n) is 3.98. The molecule has 2 rings (SSSR count). The Labute approximate surface area is 165 Å². The van der Waals surface area contributed by atoms with Gasteiger partial charge in [0.15, 0.2) is 0 Å². The summed E-state index contributed by atoms with van der Waals surface area (Å²) in [6.07, 6.45) is 1.03. The van der Waals surface area contributed by atoms with Gasteiger partial charge in [0.2, 0.25) is 15.9 Å². The van der Waals surface area contributed by atoms with E-state index in [-0.39, 0.29) is 30.4 Å². The zero-order chi connectivity index (χ0) is 20.0. The number of nitrogens with one attached hydrogen (secondary N) is 1. The summed E-state index contributed by atoms with van der Waals surface area (Å²) in [5.41, 5.74) is 2.57. The second-order valence-corrected chi connectivity index (χ2v) is 8.48. The first-order valence-electron chi connectivity index (χ1n) is 8.37. The highest BCUT2D eigenvalue weighted by atomic mass is 35.5. The first-order valence-corrected chi connectivity index (χ1v) is 10.6. The van der Waals surface area contributed by atoms with Crippen LogP contribution in [0.1, 0.15) is 11.1 Å². The van der Waals surface area contributed by atoms with E-state index in [1.807, 2.05) is 32.0 Å². The van der Waals surface area contributed by atoms with Crippen molar-refractivity contribution in [2.75, 3.05) is 30.3 Å². The fraction of sp³-hybridized carbons (Fsp3) is 0.316. The van der Waals surface area contributed by atoms with Crippen LogP contribution in [0.3, 0.4) is 0 Å². The topological polar surface area (TPSA) is 75.7 Å². The number of carbonyl (C=O) groups is 1. The molecule has 0 bridgehead atoms. The largest absolute Gasteiger partial charge is 0.492 e. The number of halogens is 1. The van der Waals surface area contributed by atoms with Crippen molar-refractivity contribution in [1.29, 1.82) is 0 Å². The average Bonchev–Trinajstić information content (AvgIpc) is 2.59. The van der Waals surface area contributed by atoms with E-state index in [9.17, 15) is 13.2 Å². The highest BCUT2D eigenvalue weighted by Gasteiger charge is 2.22. The molecule has 0 saturated heterocycles. The van der Waals surface area contributed by atoms with Crippen LogP contribution in [-0.2, 0) is 14.8 Å². The second-order valence-electron chi connectivity index (χ2n) is 6.17. The van der Waals surface area contributed by atoms with Gasteiger partial charge in [-0.2, -0.15) is 0 Å². The van der Waals surface area contributed by atoms with Gasteiger partial charge in [0.05, 0.1) is 23.5 Å². The van der Waals surface area contributed by atoms with Crippen molar-refractivity contribution >= 4 is 33.2 Å². The molecule has 0 aliphatic carbocycles. The molecule has 0 unspecified atom stereocenters. The molecular formula is C19H23ClN2O4S. The molecule has 2 aromatic carbocycles. The first-order chi connectivity index (χ1) is 12.7. The number of hydrogen-bond donors (Lipinski definition) is 1. The van der Waals surface area contributed by atoms with Gasteiger partial charge < -0.3 is 10.1 Å². The Bertz CT molecular complexity index is 916. The lowest BCUT2D eigenvalue weighted by molar-refractivity contribution is -0.119. The van der Waals surface area contributed by atoms with Gasteiger partial charge in [-0.05, 0) is 49.2 Å². The van der Waals surface area contributed by atoms with Crippen LogP contribution in [0.4, 0.5) is 5.69 Å². The lowest BCUT2D eigenvalue weighted by Crippen LogP contribution is -2.41. The van der Waals surface area contributed by atoms with Crippen LogP contribution < -0.4 is 14.4 Å². The number of rotatable bonds is 8. The number of carbonyl (C=O) groups excluding carboxylic acids is 1. The van der Waals surface area contributed by atoms with E-state index in [1.54, 1.807) is 24.3 Å². The van der Waals surface area contributed by atoms with E-state index < -0.39 is 15.9 Å². The fourth-order valence-corrected chi connectivity index (χ4v) is 3.54. The van der Waals surface area contributed by atoms with E-state index >= 15 is 0 Å². The molecule has 0 saturated carbocycles. The van der Waals surface area contributed by atoms with E-state index in [4.69, 9.17) is 16.3 Å². The minimum absolute atomic E-state index is 0.256. The number of nitrogens with zero attached hydrogens (tertiary/aromatic N) is 1. The van der Waals surface area contributed by atoms with E-state index in [1.165, 1.54) is 5.56 Å². The molecule has 0 fully saturated rings. The van der Waals surface area contributed by atoms with Gasteiger partial charge in [-0.15, -0.1) is 0 Å². The number of aryl methyl sites for hydroxylation is 2. The fourth-order valence-electron chi connectivity index (χ4n) is 2.38. The predicted octanol–water partition coefficient (Wildman–Crippen LogP) is 2.92. The highest BCUT2D eigenvalue weighted by Crippen LogP contribution is 2.26. The summed E-state index contributed by atoms with van der Waals surface area (Å²) in [6, 6.07) is 12.2. The van der Waals surface area contributed by atoms with Crippen molar-refractivity contribution in [2.24, 2.45) is 0 Å². The van der Waals surface area contributed by atoms with Gasteiger partial charge in [-0.3, -0.25) is 9.10 Å². The van der Waals surface area contributed by atoms with E-state index in [0.717, 1.165) is 21.9 Å². The third kappa shape index (κ3) is 6.15. The third-order valence-corrected chi connectivity index (χ3v) is 5.43. The van der Waals surface area contributed by atoms with Gasteiger partial charge in [0, 0.05) is 0 Å². The van der Waals surface area contributed by atoms with Gasteiger partial charge in [-0.25, -0.2) is 8.42 Å². The Hall–Kier alpha value is -2.25. The Kier molecular flexibility index (Phi) is 7.10. The molecule has 6 nitrogen and oxygen atoms in total. The molecule has 8 heteroatoms. The standard InChI is InChI=1S/C19H23ClN2O4S/c1-14-8-9-16(12-15(14)2)26-11-10-21-19(23)13-22(27(3,24)25)18-7-5-4-6-17(18)20/h4-9,12H,10-11,13H2,1-3H3,(H,21,23). The molecule has 146 valence electrons. The maximum absolute atomic E-state index is 12.2. The number of para-hydroxylation sites is 1. The summed E-state index contributed by atoms with van der Waals surface area (Å²) in [6.45, 7) is 4.20. The number of sulfonamides is 1. The molecule has 2 aromatic rings. The summed E-state index contributed by atoms with van der Waals surface area (Å²) >= 11 is 6.07. The quantitative estimate of drug-likeness (QED) is 0.679. The molecule has 0 aliphatic heterocycles. The van der Waals surface area contributed by atoms with Crippen LogP contribution in [0.5, 0.6) is 5.75 Å². The zero-order valence-electron chi connectivity index (χ0n) is 15.5. The second kappa shape index (κ2) is 9.10. The summed E-state index contributed by atoms with van der Waals surface area (Å²) < 4.78 is 30.7. The van der Waals surface area contributed by atoms with Crippen LogP contribution in [0.25, 0.3) is 0 Å². The van der Waals surface area contributed by atoms with Crippen LogP contribution in [0.15, 0.2) is 42.5 Å². The summed E-state index contributed by atoms with van der Waals surface area (Å²) in [4.78, 5) is 12.2. The Morgan fingerprint density at radius 1 is 1.15 bits per heavy atom. The molecule has 0 atom stereocenters. The molecule has 0 aliphatic rings. The summed E-state index contributed by atoms with van der Waals surface area (Å²) in [5.74, 6) is 0.283. The average molecular weight is 411 g/mol. The van der Waals surface area contributed by atoms with Crippen molar-refractivity contribution in [2.45, 2.75) is 13.8 Å². The molecule has 27 heavy (non-hydrogen) atoms. The van der Waals surface area contributed by atoms with Gasteiger partial charge >= 0.3 is 0 Å². The molecule has 1 N–H and O–H groups in total. The van der Waals surface area contributed by atoms with Crippen molar-refractivity contribution in [1.82, 2.24) is 5.32 Å². The highest BCUT2D eigenvalue weighted by molar-refractivity contribution is 7.92. The predicted molar refractivity (Wildman–Crippen MR) is 108 cm³/mol. The maximum atomic E-state index is 12.2. The van der Waals surface area contributed by atoms with Crippen LogP contribution in [0.2, 0.25) is 5.02 Å². The van der Waals surface area contributed by atoms with Crippen molar-refractivity contribution in [3.8, 4) is 5.75 Å². The summed E-state index contributed by atoms with van der Waals surface area (Å²) in [5, 5.41) is 2.92. The Morgan fingerprint density at radius 3 is 2.48 bits per heavy atom. The lowest BCUT2D eigenvalue weighted by Gasteiger charge is -2.22. The number of anilines is 1. The van der Waals surface area contributed by atoms with Crippen LogP contribution >= 0.6 is 11.6 Å². The minimum Gasteiger partial charge on any atom is -0.492 e. The van der Waals surface area contributed by atoms with E-state index in [2.05, 4.69) is 5.32 Å². The maximum Gasteiger partial charge on any atom is 0.240 e. The van der Waals surface area contributed by atoms with E-state index in [0.29, 0.717) is 0 Å². The van der Waals surface area contributed by atoms with Gasteiger partial charge in [-0.1, -0.05) is 29.8 Å². The van der Waals surface area contributed by atoms with Crippen LogP contribution in [-0.4, -0.2) is 40.3 Å². The smallest absolute Gasteiger partial charge is 0.240 e. The van der Waals surface area contributed by atoms with Gasteiger partial charge in [0.25, 0.3) is 0 Å². The Morgan fingerprint density at radius 2 is 1.85 bits per heavy atom. The molecule has 0 heterocycles. The normalized spacial score (nSPS) is 11.1. The summed E-state index contributed by atoms with van der Waals surface area (Å²) in [7, 11) is -3.66.